The van der Waals surface area contributed by atoms with Crippen molar-refractivity contribution in [3.05, 3.63) is 81.7 Å². The number of nitrogens with one attached hydrogen (secondary N) is 1. The molecule has 0 saturated heterocycles. The largest absolute Gasteiger partial charge is 0.454 e. The van der Waals surface area contributed by atoms with E-state index in [1.54, 1.807) is 22.9 Å². The maximum Gasteiger partial charge on any atom is 0.253 e. The van der Waals surface area contributed by atoms with Gasteiger partial charge in [-0.2, -0.15) is 0 Å². The molecule has 0 amide bonds. The van der Waals surface area contributed by atoms with Crippen LogP contribution in [0.15, 0.2) is 53.3 Å². The zero-order valence-corrected chi connectivity index (χ0v) is 20.9. The van der Waals surface area contributed by atoms with Crippen LogP contribution < -0.4 is 15.0 Å². The Morgan fingerprint density at radius 3 is 2.54 bits per heavy atom. The summed E-state index contributed by atoms with van der Waals surface area (Å²) < 4.78 is 26.2. The Morgan fingerprint density at radius 1 is 1.08 bits per heavy atom. The number of aromatic amines is 1. The minimum atomic E-state index is -0.487. The van der Waals surface area contributed by atoms with E-state index < -0.39 is 11.6 Å². The van der Waals surface area contributed by atoms with Gasteiger partial charge in [0.05, 0.1) is 11.1 Å². The first kappa shape index (κ1) is 23.4. The van der Waals surface area contributed by atoms with E-state index in [-0.39, 0.29) is 18.2 Å². The Bertz CT molecular complexity index is 1570. The number of nitrogens with zero attached hydrogens (tertiary/aromatic N) is 5. The van der Waals surface area contributed by atoms with Gasteiger partial charge in [-0.05, 0) is 73.0 Å². The molecule has 2 aliphatic rings. The molecule has 0 spiro atoms. The summed E-state index contributed by atoms with van der Waals surface area (Å²) in [4.78, 5) is 18.7. The summed E-state index contributed by atoms with van der Waals surface area (Å²) in [5, 5.41) is 13.5. The molecule has 4 aromatic rings. The lowest BCUT2D eigenvalue weighted by Gasteiger charge is -2.34. The molecular formula is C27H27FN6O3. The molecule has 0 fully saturated rings. The molecule has 1 N–H and O–H groups in total. The van der Waals surface area contributed by atoms with Crippen LogP contribution in [0.25, 0.3) is 16.5 Å². The summed E-state index contributed by atoms with van der Waals surface area (Å²) in [7, 11) is 0. The highest BCUT2D eigenvalue weighted by Crippen LogP contribution is 2.37. The minimum absolute atomic E-state index is 0.155. The summed E-state index contributed by atoms with van der Waals surface area (Å²) >= 11 is 0. The topological polar surface area (TPSA) is 98.2 Å². The molecule has 1 atom stereocenters. The lowest BCUT2D eigenvalue weighted by atomic mass is 9.96. The van der Waals surface area contributed by atoms with Gasteiger partial charge in [-0.1, -0.05) is 18.2 Å². The molecule has 10 heteroatoms. The Balaban J connectivity index is 1.45. The minimum Gasteiger partial charge on any atom is -0.454 e. The van der Waals surface area contributed by atoms with Crippen molar-refractivity contribution in [2.75, 3.05) is 19.9 Å². The molecule has 1 unspecified atom stereocenters. The maximum atomic E-state index is 13.5. The zero-order valence-electron chi connectivity index (χ0n) is 20.9. The molecular weight excluding hydrogens is 475 g/mol. The number of fused-ring (bicyclic) bond motifs is 2. The van der Waals surface area contributed by atoms with Crippen LogP contribution in [0.3, 0.4) is 0 Å². The molecule has 2 aliphatic heterocycles. The molecule has 2 aromatic heterocycles. The molecule has 6 rings (SSSR count). The first-order valence-electron chi connectivity index (χ1n) is 12.2. The van der Waals surface area contributed by atoms with E-state index in [4.69, 9.17) is 9.47 Å². The van der Waals surface area contributed by atoms with E-state index in [2.05, 4.69) is 31.5 Å². The predicted molar refractivity (Wildman–Crippen MR) is 136 cm³/mol. The van der Waals surface area contributed by atoms with Gasteiger partial charge < -0.3 is 14.5 Å². The van der Waals surface area contributed by atoms with Crippen molar-refractivity contribution in [3.63, 3.8) is 0 Å². The smallest absolute Gasteiger partial charge is 0.253 e. The third-order valence-electron chi connectivity index (χ3n) is 6.86. The number of ether oxygens (including phenoxy) is 2. The lowest BCUT2D eigenvalue weighted by Crippen LogP contribution is -2.39. The van der Waals surface area contributed by atoms with Crippen molar-refractivity contribution in [2.45, 2.75) is 38.8 Å². The Labute approximate surface area is 212 Å². The van der Waals surface area contributed by atoms with Crippen molar-refractivity contribution < 1.29 is 13.9 Å². The zero-order chi connectivity index (χ0) is 25.7. The fourth-order valence-electron chi connectivity index (χ4n) is 5.00. The molecule has 9 nitrogen and oxygen atoms in total. The number of pyridine rings is 1. The molecule has 0 bridgehead atoms. The number of aromatic nitrogens is 5. The Morgan fingerprint density at radius 2 is 1.84 bits per heavy atom. The van der Waals surface area contributed by atoms with E-state index in [0.29, 0.717) is 41.5 Å². The van der Waals surface area contributed by atoms with Crippen LogP contribution in [-0.4, -0.2) is 50.0 Å². The molecule has 37 heavy (non-hydrogen) atoms. The van der Waals surface area contributed by atoms with Gasteiger partial charge in [-0.25, -0.2) is 9.07 Å². The number of benzene rings is 2. The number of tetrazole rings is 1. The fourth-order valence-corrected chi connectivity index (χ4v) is 5.00. The van der Waals surface area contributed by atoms with Gasteiger partial charge in [-0.15, -0.1) is 5.10 Å². The highest BCUT2D eigenvalue weighted by molar-refractivity contribution is 5.83. The Hall–Kier alpha value is -4.05. The molecule has 190 valence electrons. The number of hydrogen-bond donors (Lipinski definition) is 1. The van der Waals surface area contributed by atoms with Crippen molar-refractivity contribution in [1.82, 2.24) is 30.1 Å². The van der Waals surface area contributed by atoms with Crippen LogP contribution >= 0.6 is 0 Å². The quantitative estimate of drug-likeness (QED) is 0.450. The summed E-state index contributed by atoms with van der Waals surface area (Å²) in [6.07, 6.45) is 2.87. The fraction of sp³-hybridized carbons (Fsp3) is 0.333. The predicted octanol–water partition coefficient (Wildman–Crippen LogP) is 4.02. The van der Waals surface area contributed by atoms with Gasteiger partial charge in [-0.3, -0.25) is 9.69 Å². The first-order valence-corrected chi connectivity index (χ1v) is 12.2. The van der Waals surface area contributed by atoms with E-state index >= 15 is 0 Å². The van der Waals surface area contributed by atoms with Gasteiger partial charge in [0.15, 0.2) is 17.3 Å². The van der Waals surface area contributed by atoms with Crippen LogP contribution in [0.4, 0.5) is 4.39 Å². The number of halogens is 1. The van der Waals surface area contributed by atoms with Gasteiger partial charge >= 0.3 is 0 Å². The van der Waals surface area contributed by atoms with Crippen LogP contribution in [0.2, 0.25) is 0 Å². The summed E-state index contributed by atoms with van der Waals surface area (Å²) in [5.74, 6) is 1.59. The molecule has 0 aliphatic carbocycles. The SMILES string of the molecule is CC(C)(C)n1nnnc1C(c1cc2cc3c(cc2[nH]c1=O)OCO3)N1CC=C(c2ccc(F)cc2)CC1. The second-order valence-corrected chi connectivity index (χ2v) is 10.3. The van der Waals surface area contributed by atoms with Crippen LogP contribution in [-0.2, 0) is 5.54 Å². The highest BCUT2D eigenvalue weighted by Gasteiger charge is 2.34. The summed E-state index contributed by atoms with van der Waals surface area (Å²) in [5.41, 5.74) is 2.75. The summed E-state index contributed by atoms with van der Waals surface area (Å²) in [6, 6.07) is 11.6. The number of hydrogen-bond acceptors (Lipinski definition) is 7. The van der Waals surface area contributed by atoms with Crippen LogP contribution in [0.5, 0.6) is 11.5 Å². The number of rotatable bonds is 4. The van der Waals surface area contributed by atoms with Gasteiger partial charge in [0.1, 0.15) is 11.9 Å². The molecule has 2 aromatic carbocycles. The normalized spacial score (nSPS) is 16.7. The second-order valence-electron chi connectivity index (χ2n) is 10.3. The van der Waals surface area contributed by atoms with E-state index in [0.717, 1.165) is 22.9 Å². The van der Waals surface area contributed by atoms with E-state index in [9.17, 15) is 9.18 Å². The van der Waals surface area contributed by atoms with Gasteiger partial charge in [0, 0.05) is 30.1 Å². The standard InChI is InChI=1S/C27H27FN6O3/c1-27(2,3)34-25(30-31-32-34)24(33-10-8-17(9-11-33)16-4-6-19(28)7-5-16)20-12-18-13-22-23(37-15-36-22)14-21(18)29-26(20)35/h4-8,12-14,24H,9-11,15H2,1-3H3,(H,29,35). The van der Waals surface area contributed by atoms with Gasteiger partial charge in [0.25, 0.3) is 5.56 Å². The lowest BCUT2D eigenvalue weighted by molar-refractivity contribution is 0.174. The maximum absolute atomic E-state index is 13.5. The monoisotopic (exact) mass is 502 g/mol. The third-order valence-corrected chi connectivity index (χ3v) is 6.86. The van der Waals surface area contributed by atoms with Crippen LogP contribution in [0.1, 0.15) is 50.2 Å². The Kier molecular flexibility index (Phi) is 5.56. The van der Waals surface area contributed by atoms with Crippen molar-refractivity contribution >= 4 is 16.5 Å². The van der Waals surface area contributed by atoms with Crippen molar-refractivity contribution in [3.8, 4) is 11.5 Å². The molecule has 4 heterocycles. The molecule has 0 radical (unpaired) electrons. The van der Waals surface area contributed by atoms with Gasteiger partial charge in [0.2, 0.25) is 6.79 Å². The first-order chi connectivity index (χ1) is 17.8. The highest BCUT2D eigenvalue weighted by atomic mass is 19.1. The third kappa shape index (κ3) is 4.27. The van der Waals surface area contributed by atoms with Crippen molar-refractivity contribution in [2.24, 2.45) is 0 Å². The van der Waals surface area contributed by atoms with Crippen molar-refractivity contribution in [1.29, 1.82) is 0 Å². The molecule has 0 saturated carbocycles. The second kappa shape index (κ2) is 8.81. The summed E-state index contributed by atoms with van der Waals surface area (Å²) in [6.45, 7) is 7.48. The van der Waals surface area contributed by atoms with Crippen LogP contribution in [0, 0.1) is 5.82 Å². The van der Waals surface area contributed by atoms with E-state index in [1.807, 2.05) is 32.9 Å². The average Bonchev–Trinajstić information content (AvgIpc) is 3.54. The number of H-pyrrole nitrogens is 1. The van der Waals surface area contributed by atoms with E-state index in [1.165, 1.54) is 12.1 Å². The average molecular weight is 503 g/mol.